The highest BCUT2D eigenvalue weighted by Gasteiger charge is 2.59. The lowest BCUT2D eigenvalue weighted by atomic mass is 9.88. The van der Waals surface area contributed by atoms with Crippen molar-refractivity contribution in [2.45, 2.75) is 31.5 Å². The summed E-state index contributed by atoms with van der Waals surface area (Å²) >= 11 is 0. The minimum atomic E-state index is -0.819. The van der Waals surface area contributed by atoms with Crippen LogP contribution in [0.3, 0.4) is 0 Å². The molecule has 1 aromatic heterocycles. The smallest absolute Gasteiger partial charge is 0.328 e. The van der Waals surface area contributed by atoms with Crippen LogP contribution in [0.4, 0.5) is 0 Å². The highest BCUT2D eigenvalue weighted by atomic mass is 16.5. The van der Waals surface area contributed by atoms with E-state index in [0.717, 1.165) is 24.1 Å². The third kappa shape index (κ3) is 2.72. The largest absolute Gasteiger partial charge is 0.467 e. The molecule has 3 aliphatic rings. The summed E-state index contributed by atoms with van der Waals surface area (Å²) in [6.45, 7) is 0.121. The minimum absolute atomic E-state index is 0.0793. The van der Waals surface area contributed by atoms with Gasteiger partial charge >= 0.3 is 5.97 Å². The summed E-state index contributed by atoms with van der Waals surface area (Å²) in [7, 11) is 1.30. The maximum absolute atomic E-state index is 13.3. The number of rotatable bonds is 4. The number of fused-ring (bicyclic) bond motifs is 3. The maximum Gasteiger partial charge on any atom is 0.328 e. The Labute approximate surface area is 173 Å². The number of hydrogen-bond donors (Lipinski definition) is 1. The van der Waals surface area contributed by atoms with Crippen molar-refractivity contribution in [1.29, 1.82) is 0 Å². The van der Waals surface area contributed by atoms with E-state index in [-0.39, 0.29) is 29.9 Å². The van der Waals surface area contributed by atoms with E-state index in [1.807, 2.05) is 36.4 Å². The summed E-state index contributed by atoms with van der Waals surface area (Å²) in [6.07, 6.45) is 1.62. The lowest BCUT2D eigenvalue weighted by Gasteiger charge is -2.30. The molecule has 1 aliphatic carbocycles. The molecule has 1 amide bonds. The van der Waals surface area contributed by atoms with Gasteiger partial charge in [-0.1, -0.05) is 30.3 Å². The van der Waals surface area contributed by atoms with Crippen molar-refractivity contribution in [3.8, 4) is 11.1 Å². The molecule has 0 spiro atoms. The lowest BCUT2D eigenvalue weighted by Crippen LogP contribution is -2.47. The third-order valence-corrected chi connectivity index (χ3v) is 6.78. The Morgan fingerprint density at radius 1 is 1.13 bits per heavy atom. The average molecular weight is 408 g/mol. The number of ether oxygens (including phenoxy) is 1. The van der Waals surface area contributed by atoms with E-state index in [2.05, 4.69) is 0 Å². The SMILES string of the molecule is COC(=O)[C@@H]1[C@@H](CO)[C@@H]2Cn3c(ccc(-c4ccccc4)c3=O)[C@@H]2N1C(=O)C1CC1. The fourth-order valence-corrected chi connectivity index (χ4v) is 5.20. The topological polar surface area (TPSA) is 88.8 Å². The number of pyridine rings is 1. The van der Waals surface area contributed by atoms with Gasteiger partial charge in [0, 0.05) is 42.2 Å². The Kier molecular flexibility index (Phi) is 4.50. The first-order valence-corrected chi connectivity index (χ1v) is 10.4. The Morgan fingerprint density at radius 2 is 1.87 bits per heavy atom. The van der Waals surface area contributed by atoms with E-state index < -0.39 is 24.0 Å². The molecule has 2 aliphatic heterocycles. The predicted octanol–water partition coefficient (Wildman–Crippen LogP) is 1.59. The summed E-state index contributed by atoms with van der Waals surface area (Å²) in [4.78, 5) is 40.7. The Morgan fingerprint density at radius 3 is 2.50 bits per heavy atom. The van der Waals surface area contributed by atoms with Gasteiger partial charge in [-0.05, 0) is 30.5 Å². The molecule has 156 valence electrons. The van der Waals surface area contributed by atoms with Crippen molar-refractivity contribution in [3.63, 3.8) is 0 Å². The van der Waals surface area contributed by atoms with Crippen molar-refractivity contribution < 1.29 is 19.4 Å². The minimum Gasteiger partial charge on any atom is -0.467 e. The van der Waals surface area contributed by atoms with E-state index in [0.29, 0.717) is 12.1 Å². The highest BCUT2D eigenvalue weighted by Crippen LogP contribution is 2.51. The molecule has 1 aromatic carbocycles. The second-order valence-electron chi connectivity index (χ2n) is 8.40. The summed E-state index contributed by atoms with van der Waals surface area (Å²) in [5, 5.41) is 10.1. The molecule has 0 unspecified atom stereocenters. The zero-order valence-electron chi connectivity index (χ0n) is 16.7. The highest BCUT2D eigenvalue weighted by molar-refractivity contribution is 5.88. The van der Waals surface area contributed by atoms with Crippen LogP contribution >= 0.6 is 0 Å². The van der Waals surface area contributed by atoms with Crippen molar-refractivity contribution in [2.24, 2.45) is 17.8 Å². The molecule has 1 saturated heterocycles. The fraction of sp³-hybridized carbons (Fsp3) is 0.435. The zero-order chi connectivity index (χ0) is 21.0. The van der Waals surface area contributed by atoms with Gasteiger partial charge in [-0.15, -0.1) is 0 Å². The van der Waals surface area contributed by atoms with Crippen molar-refractivity contribution in [3.05, 3.63) is 58.5 Å². The van der Waals surface area contributed by atoms with E-state index >= 15 is 0 Å². The van der Waals surface area contributed by atoms with Gasteiger partial charge in [0.1, 0.15) is 6.04 Å². The number of amides is 1. The number of aromatic nitrogens is 1. The van der Waals surface area contributed by atoms with Gasteiger partial charge in [0.05, 0.1) is 13.2 Å². The standard InChI is InChI=1S/C23H24N2O5/c1-30-23(29)20-17(12-26)16-11-24-18(19(16)25(20)21(27)14-7-8-14)10-9-15(22(24)28)13-5-3-2-4-6-13/h2-6,9-10,14,16-17,19-20,26H,7-8,11-12H2,1H3/t16-,17-,19+,20-/m0/s1. The van der Waals surface area contributed by atoms with Gasteiger partial charge in [-0.25, -0.2) is 4.79 Å². The van der Waals surface area contributed by atoms with Crippen LogP contribution in [0.2, 0.25) is 0 Å². The van der Waals surface area contributed by atoms with Crippen molar-refractivity contribution in [1.82, 2.24) is 9.47 Å². The van der Waals surface area contributed by atoms with Crippen LogP contribution in [0, 0.1) is 17.8 Å². The molecule has 30 heavy (non-hydrogen) atoms. The third-order valence-electron chi connectivity index (χ3n) is 6.78. The van der Waals surface area contributed by atoms with Crippen molar-refractivity contribution in [2.75, 3.05) is 13.7 Å². The molecule has 5 rings (SSSR count). The second kappa shape index (κ2) is 7.09. The van der Waals surface area contributed by atoms with Gasteiger partial charge in [0.15, 0.2) is 0 Å². The molecule has 0 bridgehead atoms. The Hall–Kier alpha value is -2.93. The second-order valence-corrected chi connectivity index (χ2v) is 8.40. The van der Waals surface area contributed by atoms with E-state index in [4.69, 9.17) is 4.74 Å². The van der Waals surface area contributed by atoms with Crippen LogP contribution < -0.4 is 5.56 Å². The number of hydrogen-bond acceptors (Lipinski definition) is 5. The van der Waals surface area contributed by atoms with Crippen molar-refractivity contribution >= 4 is 11.9 Å². The molecule has 1 saturated carbocycles. The molecular weight excluding hydrogens is 384 g/mol. The number of methoxy groups -OCH3 is 1. The molecule has 7 heteroatoms. The molecule has 0 radical (unpaired) electrons. The molecular formula is C23H24N2O5. The summed E-state index contributed by atoms with van der Waals surface area (Å²) in [6, 6.07) is 11.9. The quantitative estimate of drug-likeness (QED) is 0.776. The molecule has 3 heterocycles. The monoisotopic (exact) mass is 408 g/mol. The number of carbonyl (C=O) groups is 2. The first-order valence-electron chi connectivity index (χ1n) is 10.4. The first kappa shape index (κ1) is 19.1. The number of aliphatic hydroxyl groups is 1. The van der Waals surface area contributed by atoms with Gasteiger partial charge in [0.2, 0.25) is 5.91 Å². The Bertz CT molecular complexity index is 1060. The number of aliphatic hydroxyl groups excluding tert-OH is 1. The number of benzene rings is 1. The predicted molar refractivity (Wildman–Crippen MR) is 108 cm³/mol. The van der Waals surface area contributed by atoms with Crippen LogP contribution in [0.1, 0.15) is 24.6 Å². The maximum atomic E-state index is 13.3. The fourth-order valence-electron chi connectivity index (χ4n) is 5.20. The van der Waals surface area contributed by atoms with Crippen LogP contribution in [0.25, 0.3) is 11.1 Å². The number of carbonyl (C=O) groups excluding carboxylic acids is 2. The molecule has 2 aromatic rings. The molecule has 2 fully saturated rings. The Balaban J connectivity index is 1.62. The van der Waals surface area contributed by atoms with Gasteiger partial charge in [-0.3, -0.25) is 9.59 Å². The summed E-state index contributed by atoms with van der Waals surface area (Å²) in [5.41, 5.74) is 2.05. The summed E-state index contributed by atoms with van der Waals surface area (Å²) < 4.78 is 6.70. The average Bonchev–Trinajstić information content (AvgIpc) is 3.48. The normalized spacial score (nSPS) is 26.9. The van der Waals surface area contributed by atoms with Crippen LogP contribution in [-0.2, 0) is 20.9 Å². The molecule has 7 nitrogen and oxygen atoms in total. The number of esters is 1. The van der Waals surface area contributed by atoms with Gasteiger partial charge < -0.3 is 19.3 Å². The first-order chi connectivity index (χ1) is 14.6. The number of nitrogens with zero attached hydrogens (tertiary/aromatic N) is 2. The van der Waals surface area contributed by atoms with E-state index in [1.165, 1.54) is 7.11 Å². The van der Waals surface area contributed by atoms with Crippen LogP contribution in [0.5, 0.6) is 0 Å². The van der Waals surface area contributed by atoms with E-state index in [1.54, 1.807) is 15.5 Å². The number of likely N-dealkylation sites (tertiary alicyclic amines) is 1. The van der Waals surface area contributed by atoms with Gasteiger partial charge in [0.25, 0.3) is 5.56 Å². The van der Waals surface area contributed by atoms with Crippen LogP contribution in [0.15, 0.2) is 47.3 Å². The zero-order valence-corrected chi connectivity index (χ0v) is 16.7. The molecule has 1 N–H and O–H groups in total. The van der Waals surface area contributed by atoms with E-state index in [9.17, 15) is 19.5 Å². The van der Waals surface area contributed by atoms with Crippen LogP contribution in [-0.4, -0.2) is 46.2 Å². The van der Waals surface area contributed by atoms with Gasteiger partial charge in [-0.2, -0.15) is 0 Å². The molecule has 4 atom stereocenters. The summed E-state index contributed by atoms with van der Waals surface area (Å²) in [5.74, 6) is -1.35. The lowest BCUT2D eigenvalue weighted by molar-refractivity contribution is -0.154.